The molecule has 0 bridgehead atoms. The standard InChI is InChI=1S/C12H22N4O/c1-9(2)10-11(13-3)14-8-15-12(10)16(4)6-5-7-17/h8-9,17H,5-7H2,1-4H3,(H,13,14,15). The Morgan fingerprint density at radius 2 is 2.12 bits per heavy atom. The molecule has 0 aliphatic rings. The molecule has 0 saturated carbocycles. The first-order valence-electron chi connectivity index (χ1n) is 5.96. The Morgan fingerprint density at radius 1 is 1.41 bits per heavy atom. The van der Waals surface area contributed by atoms with E-state index < -0.39 is 0 Å². The number of aromatic nitrogens is 2. The van der Waals surface area contributed by atoms with Gasteiger partial charge in [0.2, 0.25) is 0 Å². The Kier molecular flexibility index (Phi) is 5.15. The van der Waals surface area contributed by atoms with Crippen molar-refractivity contribution >= 4 is 11.6 Å². The first-order valence-corrected chi connectivity index (χ1v) is 5.96. The summed E-state index contributed by atoms with van der Waals surface area (Å²) in [5.74, 6) is 2.17. The van der Waals surface area contributed by atoms with Crippen LogP contribution in [-0.4, -0.2) is 42.3 Å². The lowest BCUT2D eigenvalue weighted by Gasteiger charge is -2.23. The van der Waals surface area contributed by atoms with Gasteiger partial charge in [-0.1, -0.05) is 13.8 Å². The second-order valence-corrected chi connectivity index (χ2v) is 4.36. The van der Waals surface area contributed by atoms with Crippen molar-refractivity contribution in [3.63, 3.8) is 0 Å². The van der Waals surface area contributed by atoms with Gasteiger partial charge in [0.15, 0.2) is 0 Å². The topological polar surface area (TPSA) is 61.3 Å². The lowest BCUT2D eigenvalue weighted by molar-refractivity contribution is 0.290. The Morgan fingerprint density at radius 3 is 2.65 bits per heavy atom. The lowest BCUT2D eigenvalue weighted by Crippen LogP contribution is -2.23. The summed E-state index contributed by atoms with van der Waals surface area (Å²) in [6, 6.07) is 0. The largest absolute Gasteiger partial charge is 0.396 e. The summed E-state index contributed by atoms with van der Waals surface area (Å²) in [5, 5.41) is 12.0. The van der Waals surface area contributed by atoms with Crippen molar-refractivity contribution in [2.24, 2.45) is 0 Å². The third-order valence-corrected chi connectivity index (χ3v) is 2.69. The molecule has 1 heterocycles. The Hall–Kier alpha value is -1.36. The molecule has 0 aromatic carbocycles. The molecule has 0 fully saturated rings. The van der Waals surface area contributed by atoms with Gasteiger partial charge in [-0.05, 0) is 12.3 Å². The Balaban J connectivity index is 3.05. The van der Waals surface area contributed by atoms with E-state index in [1.165, 1.54) is 0 Å². The van der Waals surface area contributed by atoms with Crippen LogP contribution in [0.5, 0.6) is 0 Å². The second kappa shape index (κ2) is 6.39. The number of aliphatic hydroxyl groups is 1. The van der Waals surface area contributed by atoms with E-state index >= 15 is 0 Å². The van der Waals surface area contributed by atoms with Crippen LogP contribution in [0.3, 0.4) is 0 Å². The van der Waals surface area contributed by atoms with Crippen molar-refractivity contribution in [3.8, 4) is 0 Å². The summed E-state index contributed by atoms with van der Waals surface area (Å²) < 4.78 is 0. The molecule has 0 aliphatic carbocycles. The fourth-order valence-electron chi connectivity index (χ4n) is 1.84. The van der Waals surface area contributed by atoms with E-state index in [9.17, 15) is 0 Å². The van der Waals surface area contributed by atoms with Crippen molar-refractivity contribution in [2.75, 3.05) is 37.5 Å². The first kappa shape index (κ1) is 13.7. The van der Waals surface area contributed by atoms with E-state index in [2.05, 4.69) is 34.0 Å². The molecule has 0 saturated heterocycles. The van der Waals surface area contributed by atoms with Crippen LogP contribution in [0.1, 0.15) is 31.7 Å². The molecule has 0 aliphatic heterocycles. The van der Waals surface area contributed by atoms with Crippen molar-refractivity contribution < 1.29 is 5.11 Å². The van der Waals surface area contributed by atoms with Gasteiger partial charge in [-0.3, -0.25) is 0 Å². The van der Waals surface area contributed by atoms with E-state index in [1.54, 1.807) is 6.33 Å². The minimum Gasteiger partial charge on any atom is -0.396 e. The average molecular weight is 238 g/mol. The Bertz CT molecular complexity index is 354. The minimum absolute atomic E-state index is 0.200. The van der Waals surface area contributed by atoms with Crippen molar-refractivity contribution in [2.45, 2.75) is 26.2 Å². The molecule has 0 unspecified atom stereocenters. The van der Waals surface area contributed by atoms with Gasteiger partial charge in [0.1, 0.15) is 18.0 Å². The van der Waals surface area contributed by atoms with Gasteiger partial charge in [-0.15, -0.1) is 0 Å². The fourth-order valence-corrected chi connectivity index (χ4v) is 1.84. The molecule has 5 heteroatoms. The van der Waals surface area contributed by atoms with Gasteiger partial charge in [0, 0.05) is 32.8 Å². The molecule has 0 atom stereocenters. The summed E-state index contributed by atoms with van der Waals surface area (Å²) >= 11 is 0. The number of anilines is 2. The molecule has 96 valence electrons. The second-order valence-electron chi connectivity index (χ2n) is 4.36. The summed E-state index contributed by atoms with van der Waals surface area (Å²) in [6.07, 6.45) is 2.31. The predicted molar refractivity (Wildman–Crippen MR) is 70.6 cm³/mol. The summed E-state index contributed by atoms with van der Waals surface area (Å²) in [6.45, 7) is 5.24. The minimum atomic E-state index is 0.200. The number of nitrogens with one attached hydrogen (secondary N) is 1. The molecule has 17 heavy (non-hydrogen) atoms. The molecule has 1 aromatic rings. The third-order valence-electron chi connectivity index (χ3n) is 2.69. The molecule has 0 radical (unpaired) electrons. The van der Waals surface area contributed by atoms with E-state index in [4.69, 9.17) is 5.11 Å². The molecular formula is C12H22N4O. The maximum Gasteiger partial charge on any atom is 0.137 e. The van der Waals surface area contributed by atoms with Crippen LogP contribution in [-0.2, 0) is 0 Å². The number of aliphatic hydroxyl groups excluding tert-OH is 1. The van der Waals surface area contributed by atoms with E-state index in [1.807, 2.05) is 14.1 Å². The lowest BCUT2D eigenvalue weighted by atomic mass is 10.0. The monoisotopic (exact) mass is 238 g/mol. The van der Waals surface area contributed by atoms with Crippen LogP contribution >= 0.6 is 0 Å². The molecule has 1 aromatic heterocycles. The van der Waals surface area contributed by atoms with Crippen molar-refractivity contribution in [1.29, 1.82) is 0 Å². The van der Waals surface area contributed by atoms with Gasteiger partial charge in [-0.2, -0.15) is 0 Å². The van der Waals surface area contributed by atoms with E-state index in [0.717, 1.165) is 30.2 Å². The highest BCUT2D eigenvalue weighted by molar-refractivity contribution is 5.59. The smallest absolute Gasteiger partial charge is 0.137 e. The number of rotatable bonds is 6. The van der Waals surface area contributed by atoms with Gasteiger partial charge in [-0.25, -0.2) is 9.97 Å². The first-order chi connectivity index (χ1) is 8.11. The highest BCUT2D eigenvalue weighted by Gasteiger charge is 2.16. The maximum absolute atomic E-state index is 8.87. The average Bonchev–Trinajstić information content (AvgIpc) is 2.34. The van der Waals surface area contributed by atoms with Gasteiger partial charge in [0.05, 0.1) is 0 Å². The maximum atomic E-state index is 8.87. The fraction of sp³-hybridized carbons (Fsp3) is 0.667. The van der Waals surface area contributed by atoms with Gasteiger partial charge in [0.25, 0.3) is 0 Å². The predicted octanol–water partition coefficient (Wildman–Crippen LogP) is 1.46. The zero-order valence-corrected chi connectivity index (χ0v) is 11.1. The van der Waals surface area contributed by atoms with Crippen LogP contribution in [0, 0.1) is 0 Å². The Labute approximate surface area is 103 Å². The van der Waals surface area contributed by atoms with Gasteiger partial charge >= 0.3 is 0 Å². The highest BCUT2D eigenvalue weighted by atomic mass is 16.3. The summed E-state index contributed by atoms with van der Waals surface area (Å²) in [7, 11) is 3.86. The van der Waals surface area contributed by atoms with E-state index in [0.29, 0.717) is 5.92 Å². The zero-order valence-electron chi connectivity index (χ0n) is 11.1. The molecule has 5 nitrogen and oxygen atoms in total. The van der Waals surface area contributed by atoms with Crippen LogP contribution < -0.4 is 10.2 Å². The normalized spacial score (nSPS) is 10.7. The van der Waals surface area contributed by atoms with Crippen LogP contribution in [0.15, 0.2) is 6.33 Å². The van der Waals surface area contributed by atoms with Crippen molar-refractivity contribution in [1.82, 2.24) is 9.97 Å². The SMILES string of the molecule is CNc1ncnc(N(C)CCCO)c1C(C)C. The van der Waals surface area contributed by atoms with E-state index in [-0.39, 0.29) is 6.61 Å². The molecule has 1 rings (SSSR count). The third kappa shape index (κ3) is 3.30. The highest BCUT2D eigenvalue weighted by Crippen LogP contribution is 2.29. The quantitative estimate of drug-likeness (QED) is 0.785. The number of hydrogen-bond acceptors (Lipinski definition) is 5. The number of nitrogens with zero attached hydrogens (tertiary/aromatic N) is 3. The molecule has 0 spiro atoms. The zero-order chi connectivity index (χ0) is 12.8. The number of hydrogen-bond donors (Lipinski definition) is 2. The molecular weight excluding hydrogens is 216 g/mol. The summed E-state index contributed by atoms with van der Waals surface area (Å²) in [5.41, 5.74) is 1.12. The van der Waals surface area contributed by atoms with Crippen LogP contribution in [0.25, 0.3) is 0 Å². The van der Waals surface area contributed by atoms with Crippen molar-refractivity contribution in [3.05, 3.63) is 11.9 Å². The van der Waals surface area contributed by atoms with Gasteiger partial charge < -0.3 is 15.3 Å². The molecule has 2 N–H and O–H groups in total. The summed E-state index contributed by atoms with van der Waals surface area (Å²) in [4.78, 5) is 10.7. The molecule has 0 amide bonds. The van der Waals surface area contributed by atoms with Crippen LogP contribution in [0.2, 0.25) is 0 Å². The van der Waals surface area contributed by atoms with Crippen LogP contribution in [0.4, 0.5) is 11.6 Å².